The number of alkyl carbamates (subject to hydrolysis) is 2. The summed E-state index contributed by atoms with van der Waals surface area (Å²) in [5.41, 5.74) is 7.21. The van der Waals surface area contributed by atoms with E-state index in [0.717, 1.165) is 87.4 Å². The summed E-state index contributed by atoms with van der Waals surface area (Å²) in [5, 5.41) is 7.48. The molecule has 0 radical (unpaired) electrons. The minimum atomic E-state index is -0.742. The number of methoxy groups -OCH3 is 2. The summed E-state index contributed by atoms with van der Waals surface area (Å²) < 4.78 is 35.7. The number of amides is 4. The van der Waals surface area contributed by atoms with Crippen molar-refractivity contribution in [3.8, 4) is 17.0 Å². The molecule has 2 aromatic heterocycles. The minimum Gasteiger partial charge on any atom is -0.464 e. The number of hydrogen-bond donors (Lipinski definition) is 2. The number of likely N-dealkylation sites (tertiary alicyclic amines) is 2. The van der Waals surface area contributed by atoms with Crippen molar-refractivity contribution >= 4 is 123 Å². The number of nitrogens with one attached hydrogen (secondary N) is 2. The first kappa shape index (κ1) is 58.3. The van der Waals surface area contributed by atoms with Crippen LogP contribution in [0.15, 0.2) is 65.0 Å². The Morgan fingerprint density at radius 2 is 1.28 bits per heavy atom. The Balaban J connectivity index is 0.00000223. The van der Waals surface area contributed by atoms with Crippen LogP contribution in [-0.4, -0.2) is 106 Å². The standard InChI is InChI=1S/C53H61FN8O7S.4H2S/c1-28(2)46(58-52(65)67-5)49(63)60-17-9-13-40(60)37-21-34(25-55-37)31-15-16-39-33(19-31)23-42-45-36(54)20-32(24-43(45)69-51(62(39)42)44-27-57-48(70-44)30-11-7-8-12-30)35-22-38(56-26-35)41-14-10-18-61(41)50(64)47(29(3)4)59-53(66)68-6;;;;/h15-16,19-20,23-30,40-41,46-47,51H,7-14,17-18,21-22H2,1-6H3,(H,58,65)(H,59,66);4*1H2/t40-,41-,46-,47-,51?;;;;/m0..../s1. The van der Waals surface area contributed by atoms with Crippen LogP contribution in [0.1, 0.15) is 125 Å². The number of hydrogen-bond acceptors (Lipinski definition) is 11. The van der Waals surface area contributed by atoms with Gasteiger partial charge >= 0.3 is 12.2 Å². The maximum atomic E-state index is 17.0. The molecule has 2 saturated heterocycles. The first-order valence-electron chi connectivity index (χ1n) is 24.7. The normalized spacial score (nSPS) is 20.6. The monoisotopic (exact) mass is 1110 g/mol. The number of carbonyl (C=O) groups excluding carboxylic acids is 4. The SMILES string of the molecule is COC(=O)N[C@H](C(=O)N1CCC[C@H]1C1=NC=C(c2cc(F)c3c(c2)OC(c2cnc(C4CCCC4)s2)n2c-3cc3cc(C4=CN=C([C@@H]5CCCN5C(=O)[C@@H](NC(=O)OC)C(C)C)C4)ccc32)C1)C(C)C.S.S.S.S. The van der Waals surface area contributed by atoms with E-state index in [1.165, 1.54) is 27.1 Å². The topological polar surface area (TPSA) is 169 Å². The zero-order valence-corrected chi connectivity index (χ0v) is 47.4. The summed E-state index contributed by atoms with van der Waals surface area (Å²) in [6.45, 7) is 8.73. The summed E-state index contributed by atoms with van der Waals surface area (Å²) >= 11 is 1.67. The minimum absolute atomic E-state index is 0. The fourth-order valence-corrected chi connectivity index (χ4v) is 12.4. The average molecular weight is 1110 g/mol. The maximum Gasteiger partial charge on any atom is 0.407 e. The molecule has 10 rings (SSSR count). The summed E-state index contributed by atoms with van der Waals surface area (Å²) in [4.78, 5) is 71.3. The number of rotatable bonds is 12. The molecule has 0 bridgehead atoms. The molecule has 2 aromatic carbocycles. The summed E-state index contributed by atoms with van der Waals surface area (Å²) in [5.74, 6) is -0.156. The van der Waals surface area contributed by atoms with Crippen LogP contribution in [0.5, 0.6) is 5.75 Å². The molecule has 4 amide bonds. The highest BCUT2D eigenvalue weighted by Crippen LogP contribution is 2.49. The Morgan fingerprint density at radius 1 is 0.730 bits per heavy atom. The van der Waals surface area contributed by atoms with Gasteiger partial charge in [-0.1, -0.05) is 46.6 Å². The van der Waals surface area contributed by atoms with Crippen LogP contribution in [0, 0.1) is 17.7 Å². The van der Waals surface area contributed by atoms with E-state index >= 15 is 4.39 Å². The molecule has 7 heterocycles. The van der Waals surface area contributed by atoms with Gasteiger partial charge in [0.25, 0.3) is 0 Å². The summed E-state index contributed by atoms with van der Waals surface area (Å²) in [6, 6.07) is 9.93. The van der Waals surface area contributed by atoms with Crippen LogP contribution in [-0.2, 0) is 19.1 Å². The maximum absolute atomic E-state index is 17.0. The lowest BCUT2D eigenvalue weighted by Crippen LogP contribution is -2.53. The van der Waals surface area contributed by atoms with Gasteiger partial charge < -0.3 is 34.6 Å². The van der Waals surface area contributed by atoms with Crippen molar-refractivity contribution < 1.29 is 37.8 Å². The van der Waals surface area contributed by atoms with Crippen molar-refractivity contribution in [2.45, 2.75) is 128 Å². The molecule has 0 spiro atoms. The fourth-order valence-electron chi connectivity index (χ4n) is 11.3. The van der Waals surface area contributed by atoms with Crippen LogP contribution < -0.4 is 15.4 Å². The van der Waals surface area contributed by atoms with Gasteiger partial charge in [0.2, 0.25) is 18.0 Å². The molecule has 3 fully saturated rings. The van der Waals surface area contributed by atoms with Gasteiger partial charge in [-0.3, -0.25) is 24.1 Å². The Morgan fingerprint density at radius 3 is 1.82 bits per heavy atom. The molecule has 1 saturated carbocycles. The number of aromatic nitrogens is 2. The van der Waals surface area contributed by atoms with E-state index in [0.29, 0.717) is 54.4 Å². The third-order valence-electron chi connectivity index (χ3n) is 15.0. The smallest absolute Gasteiger partial charge is 0.407 e. The van der Waals surface area contributed by atoms with E-state index in [1.807, 2.05) is 62.0 Å². The third-order valence-corrected chi connectivity index (χ3v) is 16.2. The molecule has 15 nitrogen and oxygen atoms in total. The van der Waals surface area contributed by atoms with Crippen LogP contribution in [0.3, 0.4) is 0 Å². The van der Waals surface area contributed by atoms with Crippen LogP contribution >= 0.6 is 65.3 Å². The van der Waals surface area contributed by atoms with Crippen molar-refractivity contribution in [2.24, 2.45) is 21.8 Å². The highest BCUT2D eigenvalue weighted by atomic mass is 32.1. The van der Waals surface area contributed by atoms with Gasteiger partial charge in [-0.05, 0) is 103 Å². The lowest BCUT2D eigenvalue weighted by Gasteiger charge is -2.31. The van der Waals surface area contributed by atoms with Gasteiger partial charge in [0.05, 0.1) is 53.0 Å². The van der Waals surface area contributed by atoms with E-state index in [-0.39, 0.29) is 89.7 Å². The molecular weight excluding hydrogens is 1040 g/mol. The lowest BCUT2D eigenvalue weighted by molar-refractivity contribution is -0.134. The van der Waals surface area contributed by atoms with Crippen LogP contribution in [0.25, 0.3) is 33.3 Å². The van der Waals surface area contributed by atoms with Gasteiger partial charge in [-0.25, -0.2) is 19.0 Å². The molecule has 6 aliphatic rings. The quantitative estimate of drug-likeness (QED) is 0.141. The zero-order chi connectivity index (χ0) is 49.0. The predicted octanol–water partition coefficient (Wildman–Crippen LogP) is 10.1. The van der Waals surface area contributed by atoms with Gasteiger partial charge in [0, 0.05) is 67.3 Å². The lowest BCUT2D eigenvalue weighted by atomic mass is 9.95. The number of carbonyl (C=O) groups is 4. The summed E-state index contributed by atoms with van der Waals surface area (Å²) in [6.07, 6.45) is 12.5. The van der Waals surface area contributed by atoms with E-state index in [9.17, 15) is 19.2 Å². The number of thiazole rings is 1. The second-order valence-electron chi connectivity index (χ2n) is 20.1. The number of halogens is 1. The van der Waals surface area contributed by atoms with Crippen LogP contribution in [0.4, 0.5) is 14.0 Å². The molecule has 5 atom stereocenters. The molecule has 1 aliphatic carbocycles. The Kier molecular flexibility index (Phi) is 19.2. The number of ether oxygens (including phenoxy) is 3. The molecule has 1 unspecified atom stereocenters. The first-order chi connectivity index (χ1) is 33.8. The van der Waals surface area contributed by atoms with Crippen LogP contribution in [0.2, 0.25) is 0 Å². The Labute approximate surface area is 464 Å². The highest BCUT2D eigenvalue weighted by molar-refractivity contribution is 7.59. The van der Waals surface area contributed by atoms with Crippen molar-refractivity contribution in [2.75, 3.05) is 27.3 Å². The van der Waals surface area contributed by atoms with E-state index in [1.54, 1.807) is 23.6 Å². The second kappa shape index (κ2) is 24.4. The Hall–Kier alpha value is -4.96. The number of allylic oxidation sites excluding steroid dienone is 2. The fraction of sp³-hybridized carbons (Fsp3) is 0.491. The molecular formula is C53H69FN8O7S5. The number of fused-ring (bicyclic) bond motifs is 5. The second-order valence-corrected chi connectivity index (χ2v) is 21.1. The molecule has 4 aromatic rings. The summed E-state index contributed by atoms with van der Waals surface area (Å²) in [7, 11) is 2.57. The number of nitrogens with zero attached hydrogens (tertiary/aromatic N) is 6. The zero-order valence-electron chi connectivity index (χ0n) is 42.6. The third kappa shape index (κ3) is 11.1. The number of benzene rings is 2. The molecule has 5 aliphatic heterocycles. The van der Waals surface area contributed by atoms with E-state index in [4.69, 9.17) is 29.2 Å². The van der Waals surface area contributed by atoms with Gasteiger partial charge in [0.15, 0.2) is 0 Å². The molecule has 2 N–H and O–H groups in total. The van der Waals surface area contributed by atoms with Crippen molar-refractivity contribution in [1.29, 1.82) is 0 Å². The first-order valence-corrected chi connectivity index (χ1v) is 25.6. The van der Waals surface area contributed by atoms with Crippen molar-refractivity contribution in [1.82, 2.24) is 30.0 Å². The largest absolute Gasteiger partial charge is 0.464 e. The van der Waals surface area contributed by atoms with Crippen molar-refractivity contribution in [3.05, 3.63) is 81.8 Å². The van der Waals surface area contributed by atoms with Gasteiger partial charge in [-0.15, -0.1) is 11.3 Å². The highest BCUT2D eigenvalue weighted by Gasteiger charge is 2.41. The predicted molar refractivity (Wildman–Crippen MR) is 309 cm³/mol. The Bertz CT molecular complexity index is 2890. The van der Waals surface area contributed by atoms with E-state index < -0.39 is 36.3 Å². The van der Waals surface area contributed by atoms with Crippen molar-refractivity contribution in [3.63, 3.8) is 0 Å². The molecule has 21 heteroatoms. The molecule has 400 valence electrons. The van der Waals surface area contributed by atoms with Gasteiger partial charge in [-0.2, -0.15) is 54.0 Å². The molecule has 74 heavy (non-hydrogen) atoms. The average Bonchev–Trinajstić information content (AvgIpc) is 4.20. The van der Waals surface area contributed by atoms with Gasteiger partial charge in [0.1, 0.15) is 23.7 Å². The van der Waals surface area contributed by atoms with E-state index in [2.05, 4.69) is 33.4 Å². The number of aliphatic imine (C=N–C) groups is 2.